The number of carbonyl (C=O) groups excluding carboxylic acids is 1. The molecule has 0 spiro atoms. The molecule has 2 amide bonds. The molecule has 1 aliphatic heterocycles. The molecule has 0 unspecified atom stereocenters. The Balaban J connectivity index is 1.52. The van der Waals surface area contributed by atoms with Gasteiger partial charge in [0.1, 0.15) is 0 Å². The van der Waals surface area contributed by atoms with Gasteiger partial charge in [-0.15, -0.1) is 0 Å². The predicted octanol–water partition coefficient (Wildman–Crippen LogP) is 6.81. The van der Waals surface area contributed by atoms with E-state index in [0.29, 0.717) is 33.9 Å². The smallest absolute Gasteiger partial charge is 0.319 e. The molecule has 6 nitrogen and oxygen atoms in total. The largest absolute Gasteiger partial charge is 0.336 e. The average Bonchev–Trinajstić information content (AvgIpc) is 2.90. The van der Waals surface area contributed by atoms with E-state index < -0.39 is 0 Å². The topological polar surface area (TPSA) is 71.4 Å². The van der Waals surface area contributed by atoms with E-state index in [0.717, 1.165) is 49.3 Å². The van der Waals surface area contributed by atoms with Gasteiger partial charge in [-0.25, -0.2) is 4.79 Å². The minimum Gasteiger partial charge on any atom is -0.336 e. The van der Waals surface area contributed by atoms with Crippen molar-refractivity contribution in [3.8, 4) is 17.2 Å². The molecule has 0 bridgehead atoms. The van der Waals surface area contributed by atoms with Gasteiger partial charge in [0.15, 0.2) is 0 Å². The van der Waals surface area contributed by atoms with Crippen LogP contribution in [0.2, 0.25) is 10.0 Å². The maximum Gasteiger partial charge on any atom is 0.319 e. The lowest BCUT2D eigenvalue weighted by Gasteiger charge is -2.44. The molecule has 0 aliphatic carbocycles. The molecule has 198 valence electrons. The molecule has 2 N–H and O–H groups in total. The lowest BCUT2D eigenvalue weighted by atomic mass is 9.97. The summed E-state index contributed by atoms with van der Waals surface area (Å²) in [6, 6.07) is 23.2. The lowest BCUT2D eigenvalue weighted by Crippen LogP contribution is -2.54. The third kappa shape index (κ3) is 7.27. The number of hydrogen-bond acceptors (Lipinski definition) is 4. The molecule has 0 aromatic heterocycles. The molecule has 1 saturated heterocycles. The number of hydrogen-bond donors (Lipinski definition) is 2. The highest BCUT2D eigenvalue weighted by molar-refractivity contribution is 6.35. The van der Waals surface area contributed by atoms with Crippen molar-refractivity contribution in [2.24, 2.45) is 0 Å². The van der Waals surface area contributed by atoms with E-state index >= 15 is 0 Å². The number of nitrogens with one attached hydrogen (secondary N) is 2. The van der Waals surface area contributed by atoms with Crippen molar-refractivity contribution in [1.29, 1.82) is 5.26 Å². The van der Waals surface area contributed by atoms with Crippen LogP contribution in [0.1, 0.15) is 37.4 Å². The number of nitrogens with zero attached hydrogens (tertiary/aromatic N) is 3. The first kappa shape index (κ1) is 27.9. The Kier molecular flexibility index (Phi) is 9.65. The fourth-order valence-corrected chi connectivity index (χ4v) is 5.64. The monoisotopic (exact) mass is 549 g/mol. The van der Waals surface area contributed by atoms with Gasteiger partial charge in [-0.2, -0.15) is 5.26 Å². The SMILES string of the molecule is CCCN1CCN([C@@H](CNC(=O)Nc2cc(Cl)cc(Cl)c2)c2ccc(-c3cccc(C#N)c3)cc2)[C@@H](C)C1. The summed E-state index contributed by atoms with van der Waals surface area (Å²) in [6.07, 6.45) is 1.14. The third-order valence-electron chi connectivity index (χ3n) is 6.90. The number of rotatable bonds is 8. The second kappa shape index (κ2) is 13.1. The fraction of sp³-hybridized carbons (Fsp3) is 0.333. The number of anilines is 1. The Bertz CT molecular complexity index is 1270. The Morgan fingerprint density at radius 1 is 1.05 bits per heavy atom. The van der Waals surface area contributed by atoms with Crippen LogP contribution < -0.4 is 10.6 Å². The second-order valence-corrected chi connectivity index (χ2v) is 10.6. The summed E-state index contributed by atoms with van der Waals surface area (Å²) in [4.78, 5) is 17.8. The van der Waals surface area contributed by atoms with Crippen LogP contribution in [0.15, 0.2) is 66.7 Å². The van der Waals surface area contributed by atoms with Gasteiger partial charge in [-0.05, 0) is 66.9 Å². The average molecular weight is 551 g/mol. The Morgan fingerprint density at radius 3 is 2.45 bits per heavy atom. The second-order valence-electron chi connectivity index (χ2n) is 9.71. The zero-order valence-corrected chi connectivity index (χ0v) is 23.3. The van der Waals surface area contributed by atoms with E-state index in [1.807, 2.05) is 24.3 Å². The molecular formula is C30H33Cl2N5O. The van der Waals surface area contributed by atoms with Gasteiger partial charge >= 0.3 is 6.03 Å². The number of carbonyl (C=O) groups is 1. The number of benzene rings is 3. The summed E-state index contributed by atoms with van der Waals surface area (Å²) in [5, 5.41) is 16.1. The zero-order valence-electron chi connectivity index (χ0n) is 21.8. The molecule has 4 rings (SSSR count). The molecular weight excluding hydrogens is 517 g/mol. The van der Waals surface area contributed by atoms with E-state index in [4.69, 9.17) is 23.2 Å². The number of halogens is 2. The summed E-state index contributed by atoms with van der Waals surface area (Å²) in [6.45, 7) is 8.93. The highest BCUT2D eigenvalue weighted by Crippen LogP contribution is 2.29. The van der Waals surface area contributed by atoms with Gasteiger partial charge in [0, 0.05) is 48.0 Å². The van der Waals surface area contributed by atoms with Crippen LogP contribution in [0.3, 0.4) is 0 Å². The maximum atomic E-state index is 12.8. The minimum atomic E-state index is -0.310. The highest BCUT2D eigenvalue weighted by atomic mass is 35.5. The molecule has 3 aromatic carbocycles. The van der Waals surface area contributed by atoms with Crippen LogP contribution in [0.4, 0.5) is 10.5 Å². The number of piperazine rings is 1. The predicted molar refractivity (Wildman–Crippen MR) is 156 cm³/mol. The summed E-state index contributed by atoms with van der Waals surface area (Å²) in [7, 11) is 0. The normalized spacial score (nSPS) is 17.0. The van der Waals surface area contributed by atoms with E-state index in [1.165, 1.54) is 0 Å². The number of urea groups is 1. The first-order valence-electron chi connectivity index (χ1n) is 13.0. The van der Waals surface area contributed by atoms with Gasteiger partial charge in [0.2, 0.25) is 0 Å². The third-order valence-corrected chi connectivity index (χ3v) is 7.34. The highest BCUT2D eigenvalue weighted by Gasteiger charge is 2.30. The van der Waals surface area contributed by atoms with E-state index in [1.54, 1.807) is 18.2 Å². The van der Waals surface area contributed by atoms with Gasteiger partial charge < -0.3 is 15.5 Å². The first-order chi connectivity index (χ1) is 18.4. The first-order valence-corrected chi connectivity index (χ1v) is 13.7. The Hall–Kier alpha value is -3.08. The summed E-state index contributed by atoms with van der Waals surface area (Å²) in [5.74, 6) is 0. The van der Waals surface area contributed by atoms with Crippen molar-refractivity contribution in [3.63, 3.8) is 0 Å². The summed E-state index contributed by atoms with van der Waals surface area (Å²) in [5.41, 5.74) is 4.37. The van der Waals surface area contributed by atoms with E-state index in [2.05, 4.69) is 64.6 Å². The van der Waals surface area contributed by atoms with Crippen LogP contribution in [-0.4, -0.2) is 54.6 Å². The molecule has 0 radical (unpaired) electrons. The van der Waals surface area contributed by atoms with Gasteiger partial charge in [0.25, 0.3) is 0 Å². The number of nitriles is 1. The van der Waals surface area contributed by atoms with Gasteiger partial charge in [-0.3, -0.25) is 4.90 Å². The van der Waals surface area contributed by atoms with Crippen LogP contribution in [-0.2, 0) is 0 Å². The Labute approximate surface area is 235 Å². The lowest BCUT2D eigenvalue weighted by molar-refractivity contribution is 0.0490. The van der Waals surface area contributed by atoms with Crippen molar-refractivity contribution in [3.05, 3.63) is 87.9 Å². The van der Waals surface area contributed by atoms with Crippen molar-refractivity contribution < 1.29 is 4.79 Å². The van der Waals surface area contributed by atoms with E-state index in [9.17, 15) is 10.1 Å². The standard InChI is InChI=1S/C30H33Cl2N5O/c1-3-11-36-12-13-37(21(2)20-36)29(19-34-30(38)35-28-16-26(31)15-27(32)17-28)24-9-7-23(8-10-24)25-6-4-5-22(14-25)18-33/h4-10,14-17,21,29H,3,11-13,19-20H2,1-2H3,(H2,34,35,38)/t21-,29-/m0/s1. The van der Waals surface area contributed by atoms with Crippen molar-refractivity contribution in [1.82, 2.24) is 15.1 Å². The van der Waals surface area contributed by atoms with Gasteiger partial charge in [-0.1, -0.05) is 66.5 Å². The van der Waals surface area contributed by atoms with E-state index in [-0.39, 0.29) is 12.1 Å². The van der Waals surface area contributed by atoms with Crippen molar-refractivity contribution in [2.45, 2.75) is 32.4 Å². The molecule has 1 heterocycles. The van der Waals surface area contributed by atoms with Crippen molar-refractivity contribution >= 4 is 34.9 Å². The van der Waals surface area contributed by atoms with Gasteiger partial charge in [0.05, 0.1) is 17.7 Å². The van der Waals surface area contributed by atoms with Crippen molar-refractivity contribution in [2.75, 3.05) is 38.0 Å². The number of amides is 2. The fourth-order valence-electron chi connectivity index (χ4n) is 5.11. The summed E-state index contributed by atoms with van der Waals surface area (Å²) >= 11 is 12.2. The molecule has 8 heteroatoms. The van der Waals surface area contributed by atoms with Crippen LogP contribution in [0.5, 0.6) is 0 Å². The van der Waals surface area contributed by atoms with Crippen LogP contribution in [0, 0.1) is 11.3 Å². The van der Waals surface area contributed by atoms with Crippen LogP contribution in [0.25, 0.3) is 11.1 Å². The molecule has 38 heavy (non-hydrogen) atoms. The van der Waals surface area contributed by atoms with Crippen LogP contribution >= 0.6 is 23.2 Å². The zero-order chi connectivity index (χ0) is 27.1. The minimum absolute atomic E-state index is 0.00182. The summed E-state index contributed by atoms with van der Waals surface area (Å²) < 4.78 is 0. The maximum absolute atomic E-state index is 12.8. The Morgan fingerprint density at radius 2 is 1.79 bits per heavy atom. The molecule has 0 saturated carbocycles. The molecule has 1 fully saturated rings. The molecule has 1 aliphatic rings. The quantitative estimate of drug-likeness (QED) is 0.323. The molecule has 3 aromatic rings. The molecule has 2 atom stereocenters.